The molecule has 0 N–H and O–H groups in total. The first-order valence-corrected chi connectivity index (χ1v) is 4.82. The normalized spacial score (nSPS) is 16.5. The number of nitrogens with zero attached hydrogens (tertiary/aromatic N) is 2. The van der Waals surface area contributed by atoms with Gasteiger partial charge in [-0.3, -0.25) is 9.59 Å². The van der Waals surface area contributed by atoms with Crippen LogP contribution in [0.25, 0.3) is 0 Å². The van der Waals surface area contributed by atoms with Crippen LogP contribution in [0.1, 0.15) is 10.4 Å². The lowest BCUT2D eigenvalue weighted by molar-refractivity contribution is -0.119. The van der Waals surface area contributed by atoms with Crippen LogP contribution in [0.15, 0.2) is 23.0 Å². The summed E-state index contributed by atoms with van der Waals surface area (Å²) in [5, 5.41) is 0. The third-order valence-corrected chi connectivity index (χ3v) is 2.52. The molecule has 1 fully saturated rings. The van der Waals surface area contributed by atoms with E-state index in [0.717, 1.165) is 6.41 Å². The van der Waals surface area contributed by atoms with Gasteiger partial charge in [-0.25, -0.2) is 0 Å². The van der Waals surface area contributed by atoms with Crippen molar-refractivity contribution in [2.75, 3.05) is 26.2 Å². The van der Waals surface area contributed by atoms with Crippen LogP contribution in [0.4, 0.5) is 0 Å². The number of carbonyl (C=O) groups excluding carboxylic acids is 2. The van der Waals surface area contributed by atoms with Crippen molar-refractivity contribution in [2.24, 2.45) is 0 Å². The molecule has 0 atom stereocenters. The van der Waals surface area contributed by atoms with Gasteiger partial charge in [0.05, 0.1) is 11.8 Å². The Morgan fingerprint density at radius 2 is 2.07 bits per heavy atom. The van der Waals surface area contributed by atoms with Gasteiger partial charge in [0.1, 0.15) is 6.26 Å². The van der Waals surface area contributed by atoms with E-state index in [0.29, 0.717) is 31.7 Å². The van der Waals surface area contributed by atoms with Crippen LogP contribution in [-0.4, -0.2) is 48.3 Å². The summed E-state index contributed by atoms with van der Waals surface area (Å²) < 4.78 is 4.85. The molecule has 1 aliphatic rings. The van der Waals surface area contributed by atoms with E-state index in [-0.39, 0.29) is 5.91 Å². The van der Waals surface area contributed by atoms with Crippen LogP contribution >= 0.6 is 0 Å². The lowest BCUT2D eigenvalue weighted by atomic mass is 10.2. The summed E-state index contributed by atoms with van der Waals surface area (Å²) in [4.78, 5) is 25.7. The third kappa shape index (κ3) is 2.01. The Balaban J connectivity index is 1.96. The zero-order chi connectivity index (χ0) is 10.7. The summed E-state index contributed by atoms with van der Waals surface area (Å²) in [6, 6.07) is 1.65. The molecule has 5 heteroatoms. The maximum Gasteiger partial charge on any atom is 0.257 e. The van der Waals surface area contributed by atoms with Crippen molar-refractivity contribution in [3.8, 4) is 0 Å². The number of hydrogen-bond donors (Lipinski definition) is 0. The topological polar surface area (TPSA) is 53.8 Å². The van der Waals surface area contributed by atoms with E-state index in [2.05, 4.69) is 0 Å². The molecule has 0 bridgehead atoms. The molecular formula is C10H12N2O3. The van der Waals surface area contributed by atoms with Crippen LogP contribution in [0, 0.1) is 0 Å². The predicted octanol–water partition coefficient (Wildman–Crippen LogP) is 0.194. The molecule has 80 valence electrons. The number of piperazine rings is 1. The predicted molar refractivity (Wildman–Crippen MR) is 52.2 cm³/mol. The summed E-state index contributed by atoms with van der Waals surface area (Å²) in [5.74, 6) is -0.0331. The van der Waals surface area contributed by atoms with Crippen LogP contribution in [0.3, 0.4) is 0 Å². The van der Waals surface area contributed by atoms with Crippen molar-refractivity contribution in [2.45, 2.75) is 0 Å². The minimum atomic E-state index is -0.0331. The molecule has 0 spiro atoms. The first kappa shape index (κ1) is 9.76. The lowest BCUT2D eigenvalue weighted by Crippen LogP contribution is -2.48. The average molecular weight is 208 g/mol. The number of carbonyl (C=O) groups is 2. The summed E-state index contributed by atoms with van der Waals surface area (Å²) in [7, 11) is 0. The third-order valence-electron chi connectivity index (χ3n) is 2.52. The van der Waals surface area contributed by atoms with Crippen LogP contribution in [-0.2, 0) is 4.79 Å². The van der Waals surface area contributed by atoms with Gasteiger partial charge >= 0.3 is 0 Å². The number of amides is 2. The molecule has 0 saturated carbocycles. The highest BCUT2D eigenvalue weighted by molar-refractivity contribution is 5.93. The molecule has 1 aromatic heterocycles. The zero-order valence-electron chi connectivity index (χ0n) is 8.26. The van der Waals surface area contributed by atoms with Gasteiger partial charge in [0.15, 0.2) is 0 Å². The van der Waals surface area contributed by atoms with Crippen molar-refractivity contribution >= 4 is 12.3 Å². The summed E-state index contributed by atoms with van der Waals surface area (Å²) in [6.45, 7) is 2.38. The quantitative estimate of drug-likeness (QED) is 0.652. The molecule has 0 radical (unpaired) electrons. The Morgan fingerprint density at radius 3 is 2.60 bits per heavy atom. The molecule has 2 heterocycles. The Morgan fingerprint density at radius 1 is 1.33 bits per heavy atom. The molecule has 2 amide bonds. The van der Waals surface area contributed by atoms with E-state index in [9.17, 15) is 9.59 Å². The van der Waals surface area contributed by atoms with Gasteiger partial charge in [-0.15, -0.1) is 0 Å². The van der Waals surface area contributed by atoms with Crippen molar-refractivity contribution in [3.05, 3.63) is 24.2 Å². The van der Waals surface area contributed by atoms with Gasteiger partial charge in [0.2, 0.25) is 6.41 Å². The molecule has 2 rings (SSSR count). The largest absolute Gasteiger partial charge is 0.472 e. The molecular weight excluding hydrogens is 196 g/mol. The Hall–Kier alpha value is -1.78. The first-order chi connectivity index (χ1) is 7.31. The molecule has 1 aliphatic heterocycles. The first-order valence-electron chi connectivity index (χ1n) is 4.82. The molecule has 0 unspecified atom stereocenters. The molecule has 1 saturated heterocycles. The Labute approximate surface area is 87.3 Å². The van der Waals surface area contributed by atoms with Crippen molar-refractivity contribution in [1.29, 1.82) is 0 Å². The monoisotopic (exact) mass is 208 g/mol. The highest BCUT2D eigenvalue weighted by Gasteiger charge is 2.21. The summed E-state index contributed by atoms with van der Waals surface area (Å²) in [6.07, 6.45) is 3.74. The van der Waals surface area contributed by atoms with Crippen LogP contribution in [0.2, 0.25) is 0 Å². The van der Waals surface area contributed by atoms with Gasteiger partial charge in [-0.2, -0.15) is 0 Å². The Bertz CT molecular complexity index is 340. The average Bonchev–Trinajstić information content (AvgIpc) is 2.82. The summed E-state index contributed by atoms with van der Waals surface area (Å²) in [5.41, 5.74) is 0.564. The van der Waals surface area contributed by atoms with E-state index in [4.69, 9.17) is 4.42 Å². The fourth-order valence-electron chi connectivity index (χ4n) is 1.60. The van der Waals surface area contributed by atoms with Crippen LogP contribution < -0.4 is 0 Å². The zero-order valence-corrected chi connectivity index (χ0v) is 8.26. The lowest BCUT2D eigenvalue weighted by Gasteiger charge is -2.32. The maximum absolute atomic E-state index is 11.8. The van der Waals surface area contributed by atoms with E-state index >= 15 is 0 Å². The van der Waals surface area contributed by atoms with E-state index in [1.54, 1.807) is 15.9 Å². The van der Waals surface area contributed by atoms with Gasteiger partial charge < -0.3 is 14.2 Å². The second-order valence-corrected chi connectivity index (χ2v) is 3.45. The number of rotatable bonds is 2. The van der Waals surface area contributed by atoms with Gasteiger partial charge in [-0.1, -0.05) is 0 Å². The molecule has 1 aromatic rings. The highest BCUT2D eigenvalue weighted by atomic mass is 16.3. The maximum atomic E-state index is 11.8. The van der Waals surface area contributed by atoms with E-state index in [1.807, 2.05) is 0 Å². The summed E-state index contributed by atoms with van der Waals surface area (Å²) >= 11 is 0. The van der Waals surface area contributed by atoms with E-state index < -0.39 is 0 Å². The smallest absolute Gasteiger partial charge is 0.257 e. The highest BCUT2D eigenvalue weighted by Crippen LogP contribution is 2.08. The fourth-order valence-corrected chi connectivity index (χ4v) is 1.60. The van der Waals surface area contributed by atoms with Crippen molar-refractivity contribution in [3.63, 3.8) is 0 Å². The number of hydrogen-bond acceptors (Lipinski definition) is 3. The fraction of sp³-hybridized carbons (Fsp3) is 0.400. The second kappa shape index (κ2) is 4.16. The minimum Gasteiger partial charge on any atom is -0.472 e. The van der Waals surface area contributed by atoms with Crippen molar-refractivity contribution in [1.82, 2.24) is 9.80 Å². The van der Waals surface area contributed by atoms with Gasteiger partial charge in [0, 0.05) is 26.2 Å². The van der Waals surface area contributed by atoms with E-state index in [1.165, 1.54) is 12.5 Å². The molecule has 0 aliphatic carbocycles. The SMILES string of the molecule is O=CN1CCN(C(=O)c2ccoc2)CC1. The van der Waals surface area contributed by atoms with Gasteiger partial charge in [-0.05, 0) is 6.07 Å². The number of furan rings is 1. The molecule has 0 aromatic carbocycles. The van der Waals surface area contributed by atoms with Crippen LogP contribution in [0.5, 0.6) is 0 Å². The molecule has 15 heavy (non-hydrogen) atoms. The minimum absolute atomic E-state index is 0.0331. The standard InChI is InChI=1S/C10H12N2O3/c13-8-11-2-4-12(5-3-11)10(14)9-1-6-15-7-9/h1,6-8H,2-5H2. The molecule has 5 nitrogen and oxygen atoms in total. The Kier molecular flexibility index (Phi) is 2.71. The second-order valence-electron chi connectivity index (χ2n) is 3.45. The van der Waals surface area contributed by atoms with Gasteiger partial charge in [0.25, 0.3) is 5.91 Å². The van der Waals surface area contributed by atoms with Crippen molar-refractivity contribution < 1.29 is 14.0 Å².